The van der Waals surface area contributed by atoms with Gasteiger partial charge in [-0.1, -0.05) is 36.6 Å². The van der Waals surface area contributed by atoms with E-state index in [1.54, 1.807) is 5.57 Å². The van der Waals surface area contributed by atoms with Crippen LogP contribution in [0.15, 0.2) is 22.8 Å². The van der Waals surface area contributed by atoms with Crippen molar-refractivity contribution < 1.29 is 14.6 Å². The van der Waals surface area contributed by atoms with Crippen molar-refractivity contribution in [2.24, 2.45) is 22.5 Å². The van der Waals surface area contributed by atoms with Crippen molar-refractivity contribution in [1.82, 2.24) is 0 Å². The van der Waals surface area contributed by atoms with E-state index >= 15 is 0 Å². The Bertz CT molecular complexity index is 666. The van der Waals surface area contributed by atoms with E-state index in [9.17, 15) is 9.90 Å². The molecule has 138 valence electrons. The Balaban J connectivity index is 1.73. The first kappa shape index (κ1) is 17.3. The summed E-state index contributed by atoms with van der Waals surface area (Å²) in [6, 6.07) is -0.0993. The minimum absolute atomic E-state index is 0.0301. The molecule has 0 amide bonds. The number of carbonyl (C=O) groups excluding carboxylic acids is 1. The van der Waals surface area contributed by atoms with E-state index in [2.05, 4.69) is 19.9 Å². The Hall–Kier alpha value is -1.13. The average molecular weight is 345 g/mol. The number of allylic oxidation sites excluding steroid dienone is 2. The third kappa shape index (κ3) is 2.44. The zero-order valence-electron chi connectivity index (χ0n) is 15.7. The second-order valence-electron chi connectivity index (χ2n) is 9.11. The van der Waals surface area contributed by atoms with Crippen molar-refractivity contribution >= 4 is 5.97 Å². The van der Waals surface area contributed by atoms with Gasteiger partial charge in [0.25, 0.3) is 0 Å². The summed E-state index contributed by atoms with van der Waals surface area (Å²) in [6.07, 6.45) is 8.77. The highest BCUT2D eigenvalue weighted by atomic mass is 16.5. The van der Waals surface area contributed by atoms with Crippen LogP contribution < -0.4 is 5.73 Å². The molecule has 0 aromatic rings. The first-order valence-corrected chi connectivity index (χ1v) is 9.80. The standard InChI is InChI=1S/C21H31NO3/c1-12(23)25-18-11-17-15-5-4-13-10-14(24)6-8-20(13,2)16(15)7-9-21(17,3)19(18)22/h10,14,16,18-19,24H,4-9,11,22H2,1-3H3/t14?,16-,18?,19?,20+,21+/m1/s1. The first-order chi connectivity index (χ1) is 11.8. The van der Waals surface area contributed by atoms with Gasteiger partial charge in [0.05, 0.1) is 12.1 Å². The molecule has 3 unspecified atom stereocenters. The molecular weight excluding hydrogens is 314 g/mol. The molecule has 0 aromatic heterocycles. The molecule has 4 nitrogen and oxygen atoms in total. The summed E-state index contributed by atoms with van der Waals surface area (Å²) in [7, 11) is 0. The van der Waals surface area contributed by atoms with Crippen LogP contribution in [0.1, 0.15) is 65.7 Å². The molecule has 0 heterocycles. The lowest BCUT2D eigenvalue weighted by molar-refractivity contribution is -0.147. The van der Waals surface area contributed by atoms with E-state index in [4.69, 9.17) is 10.5 Å². The number of nitrogens with two attached hydrogens (primary N) is 1. The molecule has 4 heteroatoms. The lowest BCUT2D eigenvalue weighted by Gasteiger charge is -2.53. The summed E-state index contributed by atoms with van der Waals surface area (Å²) in [6.45, 7) is 6.15. The molecule has 6 atom stereocenters. The fraction of sp³-hybridized carbons (Fsp3) is 0.762. The van der Waals surface area contributed by atoms with Crippen LogP contribution in [0, 0.1) is 16.7 Å². The SMILES string of the molecule is CC(=O)OC1CC2=C3CCC4=CC(O)CC[C@]4(C)[C@@H]3CC[C@]2(C)C1N. The largest absolute Gasteiger partial charge is 0.461 e. The van der Waals surface area contributed by atoms with Crippen molar-refractivity contribution in [3.63, 3.8) is 0 Å². The number of carbonyl (C=O) groups is 1. The molecule has 25 heavy (non-hydrogen) atoms. The minimum atomic E-state index is -0.264. The van der Waals surface area contributed by atoms with Crippen LogP contribution in [0.4, 0.5) is 0 Å². The highest BCUT2D eigenvalue weighted by Gasteiger charge is 2.55. The van der Waals surface area contributed by atoms with Gasteiger partial charge in [0.2, 0.25) is 0 Å². The number of fused-ring (bicyclic) bond motifs is 4. The number of ether oxygens (including phenoxy) is 1. The highest BCUT2D eigenvalue weighted by Crippen LogP contribution is 2.62. The first-order valence-electron chi connectivity index (χ1n) is 9.80. The van der Waals surface area contributed by atoms with Gasteiger partial charge in [-0.25, -0.2) is 0 Å². The molecular formula is C21H31NO3. The monoisotopic (exact) mass is 345 g/mol. The minimum Gasteiger partial charge on any atom is -0.461 e. The Morgan fingerprint density at radius 1 is 1.24 bits per heavy atom. The summed E-state index contributed by atoms with van der Waals surface area (Å²) < 4.78 is 5.56. The number of hydrogen-bond acceptors (Lipinski definition) is 4. The van der Waals surface area contributed by atoms with E-state index < -0.39 is 0 Å². The van der Waals surface area contributed by atoms with Crippen LogP contribution in [0.25, 0.3) is 0 Å². The Morgan fingerprint density at radius 3 is 2.68 bits per heavy atom. The van der Waals surface area contributed by atoms with Crippen LogP contribution in [0.5, 0.6) is 0 Å². The van der Waals surface area contributed by atoms with Crippen LogP contribution >= 0.6 is 0 Å². The van der Waals surface area contributed by atoms with E-state index in [0.29, 0.717) is 5.92 Å². The Labute approximate surface area is 150 Å². The van der Waals surface area contributed by atoms with E-state index in [0.717, 1.165) is 44.9 Å². The number of aliphatic hydroxyl groups excluding tert-OH is 1. The maximum atomic E-state index is 11.5. The third-order valence-electron chi connectivity index (χ3n) is 7.83. The maximum absolute atomic E-state index is 11.5. The third-order valence-corrected chi connectivity index (χ3v) is 7.83. The fourth-order valence-corrected chi connectivity index (χ4v) is 6.32. The summed E-state index contributed by atoms with van der Waals surface area (Å²) in [5.74, 6) is 0.332. The maximum Gasteiger partial charge on any atom is 0.302 e. The second-order valence-corrected chi connectivity index (χ2v) is 9.11. The van der Waals surface area contributed by atoms with E-state index in [1.165, 1.54) is 18.1 Å². The van der Waals surface area contributed by atoms with Crippen molar-refractivity contribution in [3.05, 3.63) is 22.8 Å². The van der Waals surface area contributed by atoms with E-state index in [-0.39, 0.29) is 35.0 Å². The smallest absolute Gasteiger partial charge is 0.302 e. The van der Waals surface area contributed by atoms with Crippen molar-refractivity contribution in [1.29, 1.82) is 0 Å². The van der Waals surface area contributed by atoms with Gasteiger partial charge in [-0.2, -0.15) is 0 Å². The van der Waals surface area contributed by atoms with Crippen LogP contribution in [0.3, 0.4) is 0 Å². The van der Waals surface area contributed by atoms with Gasteiger partial charge in [0.1, 0.15) is 6.10 Å². The predicted molar refractivity (Wildman–Crippen MR) is 96.7 cm³/mol. The zero-order valence-corrected chi connectivity index (χ0v) is 15.7. The lowest BCUT2D eigenvalue weighted by atomic mass is 9.52. The number of hydrogen-bond donors (Lipinski definition) is 2. The molecule has 2 saturated carbocycles. The lowest BCUT2D eigenvalue weighted by Crippen LogP contribution is -2.47. The Morgan fingerprint density at radius 2 is 1.96 bits per heavy atom. The van der Waals surface area contributed by atoms with Gasteiger partial charge in [0, 0.05) is 18.8 Å². The second kappa shape index (κ2) is 5.68. The van der Waals surface area contributed by atoms with Crippen LogP contribution in [-0.2, 0) is 9.53 Å². The van der Waals surface area contributed by atoms with Gasteiger partial charge >= 0.3 is 5.97 Å². The van der Waals surface area contributed by atoms with Gasteiger partial charge in [0.15, 0.2) is 0 Å². The van der Waals surface area contributed by atoms with Crippen LogP contribution in [0.2, 0.25) is 0 Å². The molecule has 0 bridgehead atoms. The van der Waals surface area contributed by atoms with Crippen LogP contribution in [-0.4, -0.2) is 29.3 Å². The predicted octanol–water partition coefficient (Wildman–Crippen LogP) is 3.24. The fourth-order valence-electron chi connectivity index (χ4n) is 6.32. The van der Waals surface area contributed by atoms with Crippen molar-refractivity contribution in [2.75, 3.05) is 0 Å². The average Bonchev–Trinajstić information content (AvgIpc) is 2.79. The van der Waals surface area contributed by atoms with Gasteiger partial charge in [-0.3, -0.25) is 4.79 Å². The highest BCUT2D eigenvalue weighted by molar-refractivity contribution is 5.66. The molecule has 3 N–H and O–H groups in total. The van der Waals surface area contributed by atoms with Crippen molar-refractivity contribution in [2.45, 2.75) is 84.0 Å². The topological polar surface area (TPSA) is 72.5 Å². The summed E-state index contributed by atoms with van der Waals surface area (Å²) in [5, 5.41) is 10.0. The van der Waals surface area contributed by atoms with Gasteiger partial charge in [-0.05, 0) is 49.9 Å². The molecule has 0 spiro atoms. The van der Waals surface area contributed by atoms with Gasteiger partial charge in [-0.15, -0.1) is 0 Å². The summed E-state index contributed by atoms with van der Waals surface area (Å²) in [5.41, 5.74) is 11.3. The number of aliphatic hydroxyl groups is 1. The Kier molecular flexibility index (Phi) is 3.93. The van der Waals surface area contributed by atoms with Gasteiger partial charge < -0.3 is 15.6 Å². The number of rotatable bonds is 1. The molecule has 0 radical (unpaired) electrons. The van der Waals surface area contributed by atoms with Crippen molar-refractivity contribution in [3.8, 4) is 0 Å². The molecule has 0 aliphatic heterocycles. The molecule has 0 saturated heterocycles. The summed E-state index contributed by atoms with van der Waals surface area (Å²) in [4.78, 5) is 11.5. The zero-order chi connectivity index (χ0) is 18.0. The molecule has 4 aliphatic rings. The number of esters is 1. The molecule has 0 aromatic carbocycles. The van der Waals surface area contributed by atoms with E-state index in [1.807, 2.05) is 0 Å². The summed E-state index contributed by atoms with van der Waals surface area (Å²) >= 11 is 0. The molecule has 4 aliphatic carbocycles. The quantitative estimate of drug-likeness (QED) is 0.565. The normalized spacial score (nSPS) is 46.0. The molecule has 2 fully saturated rings. The molecule has 4 rings (SSSR count).